The Morgan fingerprint density at radius 2 is 0.909 bits per heavy atom. The molecule has 0 aliphatic heterocycles. The van der Waals surface area contributed by atoms with E-state index in [4.69, 9.17) is 0 Å². The van der Waals surface area contributed by atoms with Gasteiger partial charge in [0, 0.05) is 0 Å². The monoisotopic (exact) mass is 194 g/mol. The molecule has 0 aliphatic rings. The van der Waals surface area contributed by atoms with Gasteiger partial charge >= 0.3 is 21.7 Å². The third-order valence-electron chi connectivity index (χ3n) is 0.707. The molecule has 0 aromatic heterocycles. The van der Waals surface area contributed by atoms with Crippen molar-refractivity contribution in [2.75, 3.05) is 0 Å². The molecule has 0 heterocycles. The van der Waals surface area contributed by atoms with Crippen LogP contribution in [0.15, 0.2) is 0 Å². The van der Waals surface area contributed by atoms with Gasteiger partial charge in [-0.2, -0.15) is 12.8 Å². The van der Waals surface area contributed by atoms with Crippen LogP contribution in [0, 0.1) is 13.8 Å². The topological polar surface area (TPSA) is 57.0 Å². The van der Waals surface area contributed by atoms with Gasteiger partial charge in [0.25, 0.3) is 0 Å². The largest absolute Gasteiger partial charge is 4.00 e. The normalized spacial score (nSPS) is 5.45. The number of hydrogen-bond acceptors (Lipinski definition) is 0. The van der Waals surface area contributed by atoms with Crippen LogP contribution in [0.5, 0.6) is 0 Å². The Balaban J connectivity index is -0.0000000171. The summed E-state index contributed by atoms with van der Waals surface area (Å²) < 4.78 is 0. The van der Waals surface area contributed by atoms with Gasteiger partial charge in [0.2, 0.25) is 0 Å². The Labute approximate surface area is 86.3 Å². The maximum Gasteiger partial charge on any atom is 4.00 e. The number of unbranched alkanes of at least 4 members (excludes halogenated alkanes) is 2. The van der Waals surface area contributed by atoms with E-state index in [9.17, 15) is 0 Å². The molecule has 0 rings (SSSR count). The maximum absolute atomic E-state index is 3.60. The van der Waals surface area contributed by atoms with Gasteiger partial charge in [-0.1, -0.05) is 26.7 Å². The third-order valence-corrected chi connectivity index (χ3v) is 0.707. The Morgan fingerprint density at radius 1 is 0.818 bits per heavy atom. The molecule has 0 aliphatic carbocycles. The zero-order chi connectivity index (χ0) is 6.83. The predicted molar refractivity (Wildman–Crippen MR) is 41.9 cm³/mol. The first-order chi connectivity index (χ1) is 3.83. The molecular weight excluding hydrogens is 176 g/mol. The van der Waals surface area contributed by atoms with Crippen molar-refractivity contribution in [2.24, 2.45) is 0 Å². The molecule has 0 unspecified atom stereocenters. The summed E-state index contributed by atoms with van der Waals surface area (Å²) in [5.41, 5.74) is 0. The summed E-state index contributed by atoms with van der Waals surface area (Å²) in [4.78, 5) is 0. The van der Waals surface area contributed by atoms with Crippen molar-refractivity contribution in [3.63, 3.8) is 0 Å². The van der Waals surface area contributed by atoms with Gasteiger partial charge in [-0.05, 0) is 0 Å². The van der Waals surface area contributed by atoms with E-state index in [1.165, 1.54) is 12.8 Å². The standard InChI is InChI=1S/2C4H9.2O.Ti/c2*1-3-4-2;;;/h2*1,3-4H2,2H3;;;/q2*-1;2*-2;+4. The van der Waals surface area contributed by atoms with E-state index in [0.29, 0.717) is 0 Å². The zero-order valence-corrected chi connectivity index (χ0v) is 9.12. The van der Waals surface area contributed by atoms with Gasteiger partial charge in [0.15, 0.2) is 0 Å². The Kier molecular flexibility index (Phi) is 125. The van der Waals surface area contributed by atoms with E-state index in [0.717, 1.165) is 12.8 Å². The third kappa shape index (κ3) is 114. The number of hydrogen-bond donors (Lipinski definition) is 0. The van der Waals surface area contributed by atoms with Gasteiger partial charge in [-0.15, -0.1) is 0 Å². The summed E-state index contributed by atoms with van der Waals surface area (Å²) in [6.07, 6.45) is 4.56. The van der Waals surface area contributed by atoms with Crippen molar-refractivity contribution >= 4 is 0 Å². The molecule has 68 valence electrons. The van der Waals surface area contributed by atoms with Crippen LogP contribution in [-0.2, 0) is 32.7 Å². The molecule has 11 heavy (non-hydrogen) atoms. The molecule has 0 fully saturated rings. The van der Waals surface area contributed by atoms with E-state index in [-0.39, 0.29) is 32.7 Å². The van der Waals surface area contributed by atoms with Crippen molar-refractivity contribution < 1.29 is 32.7 Å². The van der Waals surface area contributed by atoms with Crippen LogP contribution in [-0.4, -0.2) is 0 Å². The fourth-order valence-electron chi connectivity index (χ4n) is 0. The fourth-order valence-corrected chi connectivity index (χ4v) is 0. The number of rotatable bonds is 2. The van der Waals surface area contributed by atoms with Crippen LogP contribution < -0.4 is 0 Å². The Bertz CT molecular complexity index is 20.1. The van der Waals surface area contributed by atoms with Crippen LogP contribution in [0.25, 0.3) is 0 Å². The van der Waals surface area contributed by atoms with Gasteiger partial charge in [0.1, 0.15) is 0 Å². The summed E-state index contributed by atoms with van der Waals surface area (Å²) in [5, 5.41) is 0. The molecule has 2 nitrogen and oxygen atoms in total. The molecule has 0 spiro atoms. The first kappa shape index (κ1) is 29.9. The first-order valence-electron chi connectivity index (χ1n) is 3.41. The molecule has 0 saturated heterocycles. The predicted octanol–water partition coefficient (Wildman–Crippen LogP) is 3.00. The molecule has 0 amide bonds. The van der Waals surface area contributed by atoms with Crippen LogP contribution in [0.1, 0.15) is 39.5 Å². The maximum atomic E-state index is 3.60. The Hall–Kier alpha value is 0.634. The van der Waals surface area contributed by atoms with Crippen molar-refractivity contribution in [1.82, 2.24) is 0 Å². The second-order valence-corrected chi connectivity index (χ2v) is 1.71. The van der Waals surface area contributed by atoms with Crippen LogP contribution in [0.4, 0.5) is 0 Å². The van der Waals surface area contributed by atoms with E-state index in [2.05, 4.69) is 27.7 Å². The summed E-state index contributed by atoms with van der Waals surface area (Å²) in [6.45, 7) is 11.4. The first-order valence-corrected chi connectivity index (χ1v) is 3.41. The summed E-state index contributed by atoms with van der Waals surface area (Å²) >= 11 is 0. The second-order valence-electron chi connectivity index (χ2n) is 1.71. The average molecular weight is 194 g/mol. The second kappa shape index (κ2) is 46.0. The summed E-state index contributed by atoms with van der Waals surface area (Å²) in [6, 6.07) is 0. The van der Waals surface area contributed by atoms with Gasteiger partial charge in [-0.25, -0.2) is 0 Å². The molecule has 0 aromatic rings. The molecule has 3 heteroatoms. The van der Waals surface area contributed by atoms with Crippen LogP contribution >= 0.6 is 0 Å². The smallest absolute Gasteiger partial charge is 2.00 e. The van der Waals surface area contributed by atoms with E-state index in [1.54, 1.807) is 0 Å². The fraction of sp³-hybridized carbons (Fsp3) is 0.750. The Morgan fingerprint density at radius 3 is 0.909 bits per heavy atom. The van der Waals surface area contributed by atoms with Gasteiger partial charge in [-0.3, -0.25) is 0 Å². The molecule has 0 saturated carbocycles. The van der Waals surface area contributed by atoms with E-state index in [1.807, 2.05) is 0 Å². The quantitative estimate of drug-likeness (QED) is 0.479. The van der Waals surface area contributed by atoms with E-state index < -0.39 is 0 Å². The van der Waals surface area contributed by atoms with Gasteiger partial charge < -0.3 is 24.8 Å². The molecule has 0 N–H and O–H groups in total. The van der Waals surface area contributed by atoms with Crippen LogP contribution in [0.3, 0.4) is 0 Å². The van der Waals surface area contributed by atoms with Crippen LogP contribution in [0.2, 0.25) is 0 Å². The van der Waals surface area contributed by atoms with Crippen molar-refractivity contribution in [3.05, 3.63) is 13.8 Å². The SMILES string of the molecule is [CH2-]CCC.[CH2-]CCC.[O-2].[O-2].[Ti+4]. The zero-order valence-electron chi connectivity index (χ0n) is 7.56. The average Bonchev–Trinajstić information content (AvgIpc) is 1.88. The minimum atomic E-state index is 0. The summed E-state index contributed by atoms with van der Waals surface area (Å²) in [5.74, 6) is 0. The minimum Gasteiger partial charge on any atom is -2.00 e. The molecular formula is C8H18O2Ti-2. The molecule has 0 aromatic carbocycles. The molecule has 0 atom stereocenters. The van der Waals surface area contributed by atoms with Gasteiger partial charge in [0.05, 0.1) is 0 Å². The minimum absolute atomic E-state index is 0. The van der Waals surface area contributed by atoms with Crippen molar-refractivity contribution in [1.29, 1.82) is 0 Å². The van der Waals surface area contributed by atoms with Crippen molar-refractivity contribution in [3.8, 4) is 0 Å². The summed E-state index contributed by atoms with van der Waals surface area (Å²) in [7, 11) is 0. The van der Waals surface area contributed by atoms with Crippen molar-refractivity contribution in [2.45, 2.75) is 39.5 Å². The molecule has 0 bridgehead atoms. The van der Waals surface area contributed by atoms with E-state index >= 15 is 0 Å². The molecule has 0 radical (unpaired) electrons.